The Kier molecular flexibility index (Phi) is 5.15. The first-order valence-electron chi connectivity index (χ1n) is 6.72. The van der Waals surface area contributed by atoms with Crippen LogP contribution in [0.15, 0.2) is 18.2 Å². The van der Waals surface area contributed by atoms with Gasteiger partial charge in [0.1, 0.15) is 5.60 Å². The van der Waals surface area contributed by atoms with Crippen molar-refractivity contribution in [3.05, 3.63) is 34.9 Å². The lowest BCUT2D eigenvalue weighted by molar-refractivity contribution is 0.0523. The van der Waals surface area contributed by atoms with Crippen molar-refractivity contribution in [2.75, 3.05) is 0 Å². The summed E-state index contributed by atoms with van der Waals surface area (Å²) >= 11 is 0. The molecule has 1 aromatic carbocycles. The number of ether oxygens (including phenoxy) is 1. The van der Waals surface area contributed by atoms with E-state index in [1.807, 2.05) is 32.9 Å². The SMILES string of the molecule is CC(C)c1cc(C#N)cc(CNC(=O)OC(C)(C)C)c1. The molecule has 0 saturated carbocycles. The third-order valence-electron chi connectivity index (χ3n) is 2.65. The van der Waals surface area contributed by atoms with Crippen LogP contribution < -0.4 is 5.32 Å². The molecule has 4 heteroatoms. The molecule has 0 aliphatic carbocycles. The average molecular weight is 274 g/mol. The molecule has 0 saturated heterocycles. The zero-order chi connectivity index (χ0) is 15.3. The van der Waals surface area contributed by atoms with Crippen LogP contribution in [0, 0.1) is 11.3 Å². The van der Waals surface area contributed by atoms with E-state index < -0.39 is 11.7 Å². The summed E-state index contributed by atoms with van der Waals surface area (Å²) in [7, 11) is 0. The highest BCUT2D eigenvalue weighted by Crippen LogP contribution is 2.18. The van der Waals surface area contributed by atoms with Crippen LogP contribution in [0.5, 0.6) is 0 Å². The van der Waals surface area contributed by atoms with Gasteiger partial charge in [0.15, 0.2) is 0 Å². The van der Waals surface area contributed by atoms with Crippen LogP contribution in [0.2, 0.25) is 0 Å². The molecule has 0 atom stereocenters. The molecular weight excluding hydrogens is 252 g/mol. The molecule has 0 aromatic heterocycles. The summed E-state index contributed by atoms with van der Waals surface area (Å²) in [6, 6.07) is 7.81. The standard InChI is InChI=1S/C16H22N2O2/c1-11(2)14-7-12(9-17)6-13(8-14)10-18-15(19)20-16(3,4)5/h6-8,11H,10H2,1-5H3,(H,18,19). The molecule has 1 N–H and O–H groups in total. The quantitative estimate of drug-likeness (QED) is 0.914. The lowest BCUT2D eigenvalue weighted by Crippen LogP contribution is -2.32. The third-order valence-corrected chi connectivity index (χ3v) is 2.65. The van der Waals surface area contributed by atoms with Gasteiger partial charge in [0.05, 0.1) is 11.6 Å². The van der Waals surface area contributed by atoms with Crippen molar-refractivity contribution in [1.29, 1.82) is 5.26 Å². The van der Waals surface area contributed by atoms with Gasteiger partial charge in [-0.25, -0.2) is 4.79 Å². The number of amides is 1. The van der Waals surface area contributed by atoms with E-state index in [2.05, 4.69) is 25.2 Å². The third kappa shape index (κ3) is 5.31. The summed E-state index contributed by atoms with van der Waals surface area (Å²) in [5.74, 6) is 0.337. The number of hydrogen-bond acceptors (Lipinski definition) is 3. The molecule has 20 heavy (non-hydrogen) atoms. The van der Waals surface area contributed by atoms with Gasteiger partial charge in [-0.1, -0.05) is 19.9 Å². The van der Waals surface area contributed by atoms with Crippen molar-refractivity contribution in [3.63, 3.8) is 0 Å². The zero-order valence-corrected chi connectivity index (χ0v) is 12.8. The van der Waals surface area contributed by atoms with Gasteiger partial charge in [0, 0.05) is 6.54 Å². The van der Waals surface area contributed by atoms with E-state index >= 15 is 0 Å². The van der Waals surface area contributed by atoms with Gasteiger partial charge in [-0.2, -0.15) is 5.26 Å². The topological polar surface area (TPSA) is 62.1 Å². The lowest BCUT2D eigenvalue weighted by atomic mass is 9.98. The first kappa shape index (κ1) is 16.0. The number of nitrogens with zero attached hydrogens (tertiary/aromatic N) is 1. The molecule has 1 amide bonds. The fraction of sp³-hybridized carbons (Fsp3) is 0.500. The van der Waals surface area contributed by atoms with Crippen molar-refractivity contribution in [2.24, 2.45) is 0 Å². The number of carbonyl (C=O) groups excluding carboxylic acids is 1. The van der Waals surface area contributed by atoms with Crippen LogP contribution in [-0.4, -0.2) is 11.7 Å². The van der Waals surface area contributed by atoms with Gasteiger partial charge in [0.2, 0.25) is 0 Å². The van der Waals surface area contributed by atoms with Crippen molar-refractivity contribution >= 4 is 6.09 Å². The van der Waals surface area contributed by atoms with Gasteiger partial charge in [-0.3, -0.25) is 0 Å². The molecule has 1 rings (SSSR count). The Morgan fingerprint density at radius 2 is 2.00 bits per heavy atom. The highest BCUT2D eigenvalue weighted by Gasteiger charge is 2.15. The molecule has 0 aliphatic rings. The number of carbonyl (C=O) groups is 1. The number of hydrogen-bond donors (Lipinski definition) is 1. The van der Waals surface area contributed by atoms with E-state index in [1.54, 1.807) is 6.07 Å². The lowest BCUT2D eigenvalue weighted by Gasteiger charge is -2.19. The monoisotopic (exact) mass is 274 g/mol. The summed E-state index contributed by atoms with van der Waals surface area (Å²) in [5, 5.41) is 11.7. The van der Waals surface area contributed by atoms with Crippen molar-refractivity contribution < 1.29 is 9.53 Å². The van der Waals surface area contributed by atoms with Gasteiger partial charge in [0.25, 0.3) is 0 Å². The van der Waals surface area contributed by atoms with Crippen LogP contribution in [0.1, 0.15) is 57.2 Å². The maximum absolute atomic E-state index is 11.6. The Bertz CT molecular complexity index is 522. The molecule has 4 nitrogen and oxygen atoms in total. The van der Waals surface area contributed by atoms with Crippen LogP contribution in [-0.2, 0) is 11.3 Å². The van der Waals surface area contributed by atoms with E-state index in [1.165, 1.54) is 0 Å². The summed E-state index contributed by atoms with van der Waals surface area (Å²) in [5.41, 5.74) is 2.09. The van der Waals surface area contributed by atoms with Crippen molar-refractivity contribution in [1.82, 2.24) is 5.32 Å². The molecule has 1 aromatic rings. The Labute approximate surface area is 120 Å². The van der Waals surface area contributed by atoms with Crippen molar-refractivity contribution in [3.8, 4) is 6.07 Å². The molecule has 0 aliphatic heterocycles. The number of nitriles is 1. The number of benzene rings is 1. The Balaban J connectivity index is 2.76. The minimum absolute atomic E-state index is 0.337. The normalized spacial score (nSPS) is 11.1. The van der Waals surface area contributed by atoms with E-state index in [9.17, 15) is 4.79 Å². The first-order valence-corrected chi connectivity index (χ1v) is 6.72. The fourth-order valence-electron chi connectivity index (χ4n) is 1.71. The Hall–Kier alpha value is -2.02. The number of nitrogens with one attached hydrogen (secondary N) is 1. The van der Waals surface area contributed by atoms with E-state index in [0.717, 1.165) is 11.1 Å². The van der Waals surface area contributed by atoms with Crippen LogP contribution >= 0.6 is 0 Å². The molecule has 0 radical (unpaired) electrons. The summed E-state index contributed by atoms with van der Waals surface area (Å²) in [6.07, 6.45) is -0.453. The predicted octanol–water partition coefficient (Wildman–Crippen LogP) is 3.71. The second-order valence-electron chi connectivity index (χ2n) is 6.09. The molecule has 0 bridgehead atoms. The van der Waals surface area contributed by atoms with E-state index in [4.69, 9.17) is 10.00 Å². The molecular formula is C16H22N2O2. The van der Waals surface area contributed by atoms with Crippen LogP contribution in [0.25, 0.3) is 0 Å². The largest absolute Gasteiger partial charge is 0.444 e. The van der Waals surface area contributed by atoms with Crippen molar-refractivity contribution in [2.45, 2.75) is 52.7 Å². The maximum Gasteiger partial charge on any atom is 0.407 e. The minimum Gasteiger partial charge on any atom is -0.444 e. The second-order valence-corrected chi connectivity index (χ2v) is 6.09. The number of alkyl carbamates (subject to hydrolysis) is 1. The summed E-state index contributed by atoms with van der Waals surface area (Å²) in [6.45, 7) is 9.95. The second kappa shape index (κ2) is 6.42. The van der Waals surface area contributed by atoms with Gasteiger partial charge in [-0.05, 0) is 49.9 Å². The van der Waals surface area contributed by atoms with Gasteiger partial charge >= 0.3 is 6.09 Å². The molecule has 0 fully saturated rings. The Morgan fingerprint density at radius 1 is 1.35 bits per heavy atom. The van der Waals surface area contributed by atoms with Crippen LogP contribution in [0.4, 0.5) is 4.79 Å². The highest BCUT2D eigenvalue weighted by atomic mass is 16.6. The number of rotatable bonds is 3. The molecule has 0 spiro atoms. The predicted molar refractivity (Wildman–Crippen MR) is 78.3 cm³/mol. The van der Waals surface area contributed by atoms with Crippen LogP contribution in [0.3, 0.4) is 0 Å². The summed E-state index contributed by atoms with van der Waals surface area (Å²) < 4.78 is 5.18. The average Bonchev–Trinajstić information content (AvgIpc) is 2.33. The zero-order valence-electron chi connectivity index (χ0n) is 12.8. The molecule has 108 valence electrons. The van der Waals surface area contributed by atoms with E-state index in [-0.39, 0.29) is 0 Å². The minimum atomic E-state index is -0.512. The highest BCUT2D eigenvalue weighted by molar-refractivity contribution is 5.67. The Morgan fingerprint density at radius 3 is 2.50 bits per heavy atom. The van der Waals surface area contributed by atoms with Gasteiger partial charge < -0.3 is 10.1 Å². The molecule has 0 unspecified atom stereocenters. The van der Waals surface area contributed by atoms with E-state index in [0.29, 0.717) is 18.0 Å². The maximum atomic E-state index is 11.6. The molecule has 0 heterocycles. The summed E-state index contributed by atoms with van der Waals surface area (Å²) in [4.78, 5) is 11.6. The first-order chi connectivity index (χ1) is 9.21. The van der Waals surface area contributed by atoms with Gasteiger partial charge in [-0.15, -0.1) is 0 Å². The fourth-order valence-corrected chi connectivity index (χ4v) is 1.71. The smallest absolute Gasteiger partial charge is 0.407 e.